The van der Waals surface area contributed by atoms with Gasteiger partial charge in [0.2, 0.25) is 5.91 Å². The molecule has 0 bridgehead atoms. The molecule has 0 unspecified atom stereocenters. The largest absolute Gasteiger partial charge is 0.361 e. The third-order valence-electron chi connectivity index (χ3n) is 1.97. The zero-order chi connectivity index (χ0) is 11.1. The lowest BCUT2D eigenvalue weighted by molar-refractivity contribution is -0.121. The molecule has 0 fully saturated rings. The van der Waals surface area contributed by atoms with E-state index in [0.29, 0.717) is 13.0 Å². The van der Waals surface area contributed by atoms with Gasteiger partial charge in [-0.25, -0.2) is 0 Å². The number of carbonyl (C=O) groups excluding carboxylic acids is 1. The average Bonchev–Trinajstić information content (AvgIpc) is 2.62. The van der Waals surface area contributed by atoms with Crippen LogP contribution in [0.1, 0.15) is 24.3 Å². The van der Waals surface area contributed by atoms with Crippen molar-refractivity contribution in [1.82, 2.24) is 15.8 Å². The Hall–Kier alpha value is -1.36. The molecule has 0 saturated carbocycles. The monoisotopic (exact) mass is 211 g/mol. The molecule has 1 amide bonds. The van der Waals surface area contributed by atoms with Gasteiger partial charge < -0.3 is 15.2 Å². The highest BCUT2D eigenvalue weighted by molar-refractivity contribution is 5.75. The number of rotatable bonds is 6. The maximum Gasteiger partial charge on any atom is 0.220 e. The Morgan fingerprint density at radius 3 is 3.00 bits per heavy atom. The summed E-state index contributed by atoms with van der Waals surface area (Å²) in [6.45, 7) is 3.12. The summed E-state index contributed by atoms with van der Waals surface area (Å²) in [7, 11) is 1.87. The third kappa shape index (κ3) is 4.60. The lowest BCUT2D eigenvalue weighted by atomic mass is 10.3. The summed E-state index contributed by atoms with van der Waals surface area (Å²) < 4.78 is 4.88. The molecule has 84 valence electrons. The van der Waals surface area contributed by atoms with Crippen molar-refractivity contribution in [3.05, 3.63) is 17.5 Å². The van der Waals surface area contributed by atoms with E-state index in [1.165, 1.54) is 0 Å². The summed E-state index contributed by atoms with van der Waals surface area (Å²) in [4.78, 5) is 11.3. The van der Waals surface area contributed by atoms with E-state index in [1.54, 1.807) is 0 Å². The molecule has 0 aliphatic carbocycles. The molecule has 1 aromatic heterocycles. The van der Waals surface area contributed by atoms with Crippen LogP contribution in [0.25, 0.3) is 0 Å². The van der Waals surface area contributed by atoms with Crippen molar-refractivity contribution in [2.24, 2.45) is 0 Å². The molecule has 0 aliphatic rings. The number of nitrogens with zero attached hydrogens (tertiary/aromatic N) is 1. The Morgan fingerprint density at radius 2 is 2.40 bits per heavy atom. The van der Waals surface area contributed by atoms with Gasteiger partial charge in [-0.15, -0.1) is 0 Å². The molecule has 1 rings (SSSR count). The maximum absolute atomic E-state index is 11.3. The fourth-order valence-corrected chi connectivity index (χ4v) is 1.20. The van der Waals surface area contributed by atoms with Gasteiger partial charge >= 0.3 is 0 Å². The molecule has 15 heavy (non-hydrogen) atoms. The van der Waals surface area contributed by atoms with E-state index < -0.39 is 0 Å². The normalized spacial score (nSPS) is 10.3. The third-order valence-corrected chi connectivity index (χ3v) is 1.97. The van der Waals surface area contributed by atoms with Crippen molar-refractivity contribution in [2.45, 2.75) is 26.3 Å². The number of aryl methyl sites for hydroxylation is 1. The predicted molar refractivity (Wildman–Crippen MR) is 56.2 cm³/mol. The van der Waals surface area contributed by atoms with Crippen LogP contribution < -0.4 is 10.6 Å². The number of aromatic nitrogens is 1. The van der Waals surface area contributed by atoms with Crippen LogP contribution in [0.2, 0.25) is 0 Å². The van der Waals surface area contributed by atoms with Crippen LogP contribution in [0, 0.1) is 6.92 Å². The molecule has 0 aromatic carbocycles. The van der Waals surface area contributed by atoms with Gasteiger partial charge in [0, 0.05) is 12.5 Å². The van der Waals surface area contributed by atoms with Crippen LogP contribution >= 0.6 is 0 Å². The minimum atomic E-state index is 0.0471. The minimum Gasteiger partial charge on any atom is -0.361 e. The Morgan fingerprint density at radius 1 is 1.60 bits per heavy atom. The highest BCUT2D eigenvalue weighted by Gasteiger charge is 2.03. The summed E-state index contributed by atoms with van der Waals surface area (Å²) in [6.07, 6.45) is 1.39. The van der Waals surface area contributed by atoms with Gasteiger partial charge in [-0.3, -0.25) is 4.79 Å². The summed E-state index contributed by atoms with van der Waals surface area (Å²) in [5.74, 6) is 0.806. The van der Waals surface area contributed by atoms with Gasteiger partial charge in [0.15, 0.2) is 0 Å². The molecular formula is C10H17N3O2. The Kier molecular flexibility index (Phi) is 4.83. The molecular weight excluding hydrogens is 194 g/mol. The van der Waals surface area contributed by atoms with Crippen LogP contribution in [0.15, 0.2) is 10.6 Å². The first-order valence-electron chi connectivity index (χ1n) is 5.06. The highest BCUT2D eigenvalue weighted by Crippen LogP contribution is 2.00. The molecule has 5 nitrogen and oxygen atoms in total. The molecule has 0 aliphatic heterocycles. The van der Waals surface area contributed by atoms with Crippen LogP contribution in [-0.2, 0) is 11.3 Å². The molecule has 0 atom stereocenters. The van der Waals surface area contributed by atoms with Gasteiger partial charge in [-0.05, 0) is 26.9 Å². The van der Waals surface area contributed by atoms with Crippen LogP contribution in [-0.4, -0.2) is 24.7 Å². The maximum atomic E-state index is 11.3. The second-order valence-corrected chi connectivity index (χ2v) is 3.41. The Labute approximate surface area is 89.2 Å². The van der Waals surface area contributed by atoms with E-state index in [2.05, 4.69) is 15.8 Å². The van der Waals surface area contributed by atoms with E-state index in [-0.39, 0.29) is 5.91 Å². The van der Waals surface area contributed by atoms with Crippen LogP contribution in [0.4, 0.5) is 0 Å². The predicted octanol–water partition coefficient (Wildman–Crippen LogP) is 0.599. The lowest BCUT2D eigenvalue weighted by Crippen LogP contribution is -2.23. The molecule has 2 N–H and O–H groups in total. The second-order valence-electron chi connectivity index (χ2n) is 3.41. The SMILES string of the molecule is CNCCCC(=O)NCc1cc(C)on1. The van der Waals surface area contributed by atoms with Crippen molar-refractivity contribution in [3.63, 3.8) is 0 Å². The Bertz CT molecular complexity index is 309. The first-order valence-corrected chi connectivity index (χ1v) is 5.06. The van der Waals surface area contributed by atoms with Gasteiger partial charge in [0.25, 0.3) is 0 Å². The van der Waals surface area contributed by atoms with E-state index >= 15 is 0 Å². The van der Waals surface area contributed by atoms with Crippen LogP contribution in [0.5, 0.6) is 0 Å². The summed E-state index contributed by atoms with van der Waals surface area (Å²) in [5.41, 5.74) is 0.759. The van der Waals surface area contributed by atoms with Crippen LogP contribution in [0.3, 0.4) is 0 Å². The van der Waals surface area contributed by atoms with E-state index in [1.807, 2.05) is 20.0 Å². The molecule has 1 aromatic rings. The second kappa shape index (κ2) is 6.19. The number of hydrogen-bond acceptors (Lipinski definition) is 4. The lowest BCUT2D eigenvalue weighted by Gasteiger charge is -2.02. The van der Waals surface area contributed by atoms with Crippen molar-refractivity contribution < 1.29 is 9.32 Å². The van der Waals surface area contributed by atoms with Gasteiger partial charge in [-0.2, -0.15) is 0 Å². The fraction of sp³-hybridized carbons (Fsp3) is 0.600. The van der Waals surface area contributed by atoms with E-state index in [9.17, 15) is 4.79 Å². The number of hydrogen-bond donors (Lipinski definition) is 2. The minimum absolute atomic E-state index is 0.0471. The van der Waals surface area contributed by atoms with Gasteiger partial charge in [0.1, 0.15) is 11.5 Å². The first-order chi connectivity index (χ1) is 7.22. The van der Waals surface area contributed by atoms with Crippen molar-refractivity contribution >= 4 is 5.91 Å². The number of amides is 1. The first kappa shape index (κ1) is 11.7. The zero-order valence-electron chi connectivity index (χ0n) is 9.17. The number of carbonyl (C=O) groups is 1. The highest BCUT2D eigenvalue weighted by atomic mass is 16.5. The average molecular weight is 211 g/mol. The zero-order valence-corrected chi connectivity index (χ0v) is 9.17. The number of nitrogens with one attached hydrogen (secondary N) is 2. The van der Waals surface area contributed by atoms with Crippen molar-refractivity contribution in [1.29, 1.82) is 0 Å². The molecule has 0 spiro atoms. The van der Waals surface area contributed by atoms with Crippen molar-refractivity contribution in [2.75, 3.05) is 13.6 Å². The molecule has 0 saturated heterocycles. The molecule has 1 heterocycles. The quantitative estimate of drug-likeness (QED) is 0.676. The van der Waals surface area contributed by atoms with E-state index in [0.717, 1.165) is 24.4 Å². The van der Waals surface area contributed by atoms with Gasteiger partial charge in [0.05, 0.1) is 6.54 Å². The molecule has 5 heteroatoms. The van der Waals surface area contributed by atoms with Gasteiger partial charge in [-0.1, -0.05) is 5.16 Å². The summed E-state index contributed by atoms with van der Waals surface area (Å²) in [6, 6.07) is 1.81. The van der Waals surface area contributed by atoms with Crippen molar-refractivity contribution in [3.8, 4) is 0 Å². The standard InChI is InChI=1S/C10H17N3O2/c1-8-6-9(13-15-8)7-12-10(14)4-3-5-11-2/h6,11H,3-5,7H2,1-2H3,(H,12,14). The molecule has 0 radical (unpaired) electrons. The fourth-order valence-electron chi connectivity index (χ4n) is 1.20. The van der Waals surface area contributed by atoms with E-state index in [4.69, 9.17) is 4.52 Å². The summed E-state index contributed by atoms with van der Waals surface area (Å²) in [5, 5.41) is 9.56. The Balaban J connectivity index is 2.16. The topological polar surface area (TPSA) is 67.2 Å². The smallest absolute Gasteiger partial charge is 0.220 e. The summed E-state index contributed by atoms with van der Waals surface area (Å²) >= 11 is 0.